The quantitative estimate of drug-likeness (QED) is 0.910. The largest absolute Gasteiger partial charge is 0.322 e. The maximum absolute atomic E-state index is 6.33. The van der Waals surface area contributed by atoms with Crippen LogP contribution in [0, 0.1) is 13.8 Å². The average Bonchev–Trinajstić information content (AvgIpc) is 2.84. The summed E-state index contributed by atoms with van der Waals surface area (Å²) >= 11 is 0. The molecule has 4 heteroatoms. The van der Waals surface area contributed by atoms with Crippen LogP contribution in [0.2, 0.25) is 0 Å². The van der Waals surface area contributed by atoms with Gasteiger partial charge in [-0.1, -0.05) is 32.0 Å². The van der Waals surface area contributed by atoms with Crippen LogP contribution >= 0.6 is 0 Å². The molecule has 0 aliphatic rings. The zero-order valence-electron chi connectivity index (χ0n) is 12.8. The number of aromatic nitrogens is 3. The van der Waals surface area contributed by atoms with Gasteiger partial charge >= 0.3 is 0 Å². The van der Waals surface area contributed by atoms with Gasteiger partial charge in [0.1, 0.15) is 5.82 Å². The van der Waals surface area contributed by atoms with Crippen LogP contribution in [0.1, 0.15) is 48.2 Å². The van der Waals surface area contributed by atoms with E-state index >= 15 is 0 Å². The van der Waals surface area contributed by atoms with Gasteiger partial charge in [0, 0.05) is 18.9 Å². The third-order valence-electron chi connectivity index (χ3n) is 3.75. The highest BCUT2D eigenvalue weighted by Gasteiger charge is 2.13. The molecule has 0 aliphatic heterocycles. The third-order valence-corrected chi connectivity index (χ3v) is 3.75. The van der Waals surface area contributed by atoms with E-state index in [9.17, 15) is 0 Å². The summed E-state index contributed by atoms with van der Waals surface area (Å²) in [6, 6.07) is 6.36. The van der Waals surface area contributed by atoms with Gasteiger partial charge in [-0.15, -0.1) is 0 Å². The Morgan fingerprint density at radius 1 is 1.15 bits per heavy atom. The van der Waals surface area contributed by atoms with Crippen LogP contribution in [0.15, 0.2) is 18.2 Å². The molecule has 0 saturated heterocycles. The molecule has 20 heavy (non-hydrogen) atoms. The second-order valence-corrected chi connectivity index (χ2v) is 5.28. The summed E-state index contributed by atoms with van der Waals surface area (Å²) in [5, 5.41) is 4.53. The van der Waals surface area contributed by atoms with E-state index in [0.717, 1.165) is 30.1 Å². The monoisotopic (exact) mass is 272 g/mol. The molecule has 2 rings (SSSR count). The Balaban J connectivity index is 2.20. The Hall–Kier alpha value is -1.68. The summed E-state index contributed by atoms with van der Waals surface area (Å²) in [6.45, 7) is 9.08. The Morgan fingerprint density at radius 2 is 1.90 bits per heavy atom. The first-order chi connectivity index (χ1) is 9.55. The third kappa shape index (κ3) is 3.07. The zero-order valence-corrected chi connectivity index (χ0v) is 12.8. The van der Waals surface area contributed by atoms with E-state index < -0.39 is 0 Å². The normalized spacial score (nSPS) is 12.7. The molecule has 0 spiro atoms. The van der Waals surface area contributed by atoms with Crippen molar-refractivity contribution in [3.05, 3.63) is 46.5 Å². The van der Waals surface area contributed by atoms with E-state index in [2.05, 4.69) is 56.0 Å². The molecule has 0 amide bonds. The fourth-order valence-corrected chi connectivity index (χ4v) is 2.27. The fourth-order valence-electron chi connectivity index (χ4n) is 2.27. The Morgan fingerprint density at radius 3 is 2.50 bits per heavy atom. The van der Waals surface area contributed by atoms with Crippen molar-refractivity contribution in [1.82, 2.24) is 14.8 Å². The first-order valence-electron chi connectivity index (χ1n) is 7.30. The minimum absolute atomic E-state index is 0.0500. The molecule has 0 aliphatic carbocycles. The molecule has 0 saturated carbocycles. The molecule has 2 aromatic rings. The number of aryl methyl sites for hydroxylation is 4. The van der Waals surface area contributed by atoms with Gasteiger partial charge in [0.2, 0.25) is 0 Å². The van der Waals surface area contributed by atoms with Crippen LogP contribution in [0.5, 0.6) is 0 Å². The van der Waals surface area contributed by atoms with Gasteiger partial charge in [0.25, 0.3) is 0 Å². The molecule has 0 bridgehead atoms. The van der Waals surface area contributed by atoms with Crippen molar-refractivity contribution >= 4 is 0 Å². The summed E-state index contributed by atoms with van der Waals surface area (Å²) in [5.41, 5.74) is 10.1. The van der Waals surface area contributed by atoms with Crippen LogP contribution in [0.25, 0.3) is 0 Å². The van der Waals surface area contributed by atoms with Crippen molar-refractivity contribution < 1.29 is 0 Å². The number of nitrogens with two attached hydrogens (primary N) is 1. The van der Waals surface area contributed by atoms with E-state index in [4.69, 9.17) is 5.73 Å². The van der Waals surface area contributed by atoms with E-state index in [1.807, 2.05) is 4.68 Å². The second-order valence-electron chi connectivity index (χ2n) is 5.28. The highest BCUT2D eigenvalue weighted by atomic mass is 15.3. The molecule has 2 N–H and O–H groups in total. The smallest absolute Gasteiger partial charge is 0.150 e. The lowest BCUT2D eigenvalue weighted by Gasteiger charge is -2.14. The van der Waals surface area contributed by atoms with Crippen molar-refractivity contribution in [2.45, 2.75) is 53.1 Å². The van der Waals surface area contributed by atoms with Gasteiger partial charge in [-0.3, -0.25) is 0 Å². The number of rotatable bonds is 5. The van der Waals surface area contributed by atoms with Gasteiger partial charge in [-0.2, -0.15) is 5.10 Å². The second kappa shape index (κ2) is 6.18. The average molecular weight is 272 g/mol. The molecule has 1 aromatic carbocycles. The lowest BCUT2D eigenvalue weighted by molar-refractivity contribution is 0.505. The molecule has 0 radical (unpaired) electrons. The summed E-state index contributed by atoms with van der Waals surface area (Å²) in [7, 11) is 0. The predicted octanol–water partition coefficient (Wildman–Crippen LogP) is 2.72. The first kappa shape index (κ1) is 14.7. The lowest BCUT2D eigenvalue weighted by atomic mass is 10.0. The summed E-state index contributed by atoms with van der Waals surface area (Å²) in [4.78, 5) is 4.52. The molecule has 4 nitrogen and oxygen atoms in total. The highest BCUT2D eigenvalue weighted by molar-refractivity contribution is 5.31. The number of benzene rings is 1. The zero-order chi connectivity index (χ0) is 14.7. The molecule has 0 fully saturated rings. The van der Waals surface area contributed by atoms with Gasteiger partial charge < -0.3 is 5.73 Å². The van der Waals surface area contributed by atoms with Gasteiger partial charge in [0.05, 0.1) is 6.54 Å². The molecule has 108 valence electrons. The maximum atomic E-state index is 6.33. The van der Waals surface area contributed by atoms with Crippen LogP contribution in [0.4, 0.5) is 0 Å². The van der Waals surface area contributed by atoms with E-state index in [0.29, 0.717) is 6.54 Å². The van der Waals surface area contributed by atoms with Crippen molar-refractivity contribution in [1.29, 1.82) is 0 Å². The van der Waals surface area contributed by atoms with E-state index in [1.165, 1.54) is 11.1 Å². The standard InChI is InChI=1S/C16H24N4/c1-5-15-18-16(6-2)20(19-15)10-14(17)13-8-7-11(3)12(4)9-13/h7-9,14H,5-6,10,17H2,1-4H3. The van der Waals surface area contributed by atoms with Crippen molar-refractivity contribution in [3.63, 3.8) is 0 Å². The highest BCUT2D eigenvalue weighted by Crippen LogP contribution is 2.17. The molecule has 1 aromatic heterocycles. The molecular formula is C16H24N4. The van der Waals surface area contributed by atoms with E-state index in [-0.39, 0.29) is 6.04 Å². The summed E-state index contributed by atoms with van der Waals surface area (Å²) in [5.74, 6) is 1.91. The summed E-state index contributed by atoms with van der Waals surface area (Å²) in [6.07, 6.45) is 1.74. The van der Waals surface area contributed by atoms with Gasteiger partial charge in [-0.25, -0.2) is 9.67 Å². The number of hydrogen-bond donors (Lipinski definition) is 1. The van der Waals surface area contributed by atoms with Crippen molar-refractivity contribution in [2.75, 3.05) is 0 Å². The number of nitrogens with zero attached hydrogens (tertiary/aromatic N) is 3. The Bertz CT molecular complexity index is 586. The fraction of sp³-hybridized carbons (Fsp3) is 0.500. The van der Waals surface area contributed by atoms with E-state index in [1.54, 1.807) is 0 Å². The van der Waals surface area contributed by atoms with Crippen LogP contribution in [-0.2, 0) is 19.4 Å². The minimum Gasteiger partial charge on any atom is -0.322 e. The maximum Gasteiger partial charge on any atom is 0.150 e. The summed E-state index contributed by atoms with van der Waals surface area (Å²) < 4.78 is 1.96. The van der Waals surface area contributed by atoms with Crippen molar-refractivity contribution in [3.8, 4) is 0 Å². The van der Waals surface area contributed by atoms with Gasteiger partial charge in [-0.05, 0) is 30.5 Å². The van der Waals surface area contributed by atoms with Crippen LogP contribution in [-0.4, -0.2) is 14.8 Å². The van der Waals surface area contributed by atoms with Gasteiger partial charge in [0.15, 0.2) is 5.82 Å². The van der Waals surface area contributed by atoms with Crippen LogP contribution < -0.4 is 5.73 Å². The minimum atomic E-state index is -0.0500. The molecule has 1 unspecified atom stereocenters. The molecule has 1 heterocycles. The van der Waals surface area contributed by atoms with Crippen LogP contribution in [0.3, 0.4) is 0 Å². The molecular weight excluding hydrogens is 248 g/mol. The number of hydrogen-bond acceptors (Lipinski definition) is 3. The Labute approximate surface area is 121 Å². The van der Waals surface area contributed by atoms with Crippen molar-refractivity contribution in [2.24, 2.45) is 5.73 Å². The Kier molecular flexibility index (Phi) is 4.55. The topological polar surface area (TPSA) is 56.7 Å². The first-order valence-corrected chi connectivity index (χ1v) is 7.30. The predicted molar refractivity (Wildman–Crippen MR) is 81.6 cm³/mol. The lowest BCUT2D eigenvalue weighted by Crippen LogP contribution is -2.20. The SMILES string of the molecule is CCc1nc(CC)n(CC(N)c2ccc(C)c(C)c2)n1. The molecule has 1 atom stereocenters.